The van der Waals surface area contributed by atoms with Crippen LogP contribution in [0.15, 0.2) is 30.3 Å². The predicted molar refractivity (Wildman–Crippen MR) is 90.5 cm³/mol. The Labute approximate surface area is 151 Å². The number of halogens is 3. The topological polar surface area (TPSA) is 81.0 Å². The van der Waals surface area contributed by atoms with Crippen LogP contribution in [0.1, 0.15) is 31.2 Å². The molecule has 0 aliphatic heterocycles. The minimum Gasteiger partial charge on any atom is -0.475 e. The van der Waals surface area contributed by atoms with Crippen molar-refractivity contribution in [2.45, 2.75) is 44.5 Å². The van der Waals surface area contributed by atoms with E-state index >= 15 is 0 Å². The van der Waals surface area contributed by atoms with E-state index in [1.165, 1.54) is 5.56 Å². The average molecular weight is 377 g/mol. The Morgan fingerprint density at radius 3 is 2.12 bits per heavy atom. The van der Waals surface area contributed by atoms with Crippen molar-refractivity contribution >= 4 is 5.97 Å². The Kier molecular flexibility index (Phi) is 9.61. The Hall–Kier alpha value is -1.64. The van der Waals surface area contributed by atoms with E-state index in [1.807, 2.05) is 6.07 Å². The van der Waals surface area contributed by atoms with Crippen LogP contribution in [0.2, 0.25) is 0 Å². The summed E-state index contributed by atoms with van der Waals surface area (Å²) in [5.41, 5.74) is 1.30. The molecule has 0 spiro atoms. The molecular weight excluding hydrogens is 351 g/mol. The molecule has 0 saturated heterocycles. The number of aliphatic hydroxyl groups is 2. The first-order valence-corrected chi connectivity index (χ1v) is 8.57. The predicted octanol–water partition coefficient (Wildman–Crippen LogP) is 2.67. The van der Waals surface area contributed by atoms with E-state index in [-0.39, 0.29) is 12.7 Å². The SMILES string of the molecule is O=C(O)C(F)(F)F.OCCN(Cc1ccccc1)CC1CCC(O)CC1. The number of carboxylic acid groups (broad SMARTS) is 1. The van der Waals surface area contributed by atoms with Crippen LogP contribution in [0, 0.1) is 5.92 Å². The van der Waals surface area contributed by atoms with Gasteiger partial charge in [-0.25, -0.2) is 4.79 Å². The molecular formula is C18H26F3NO4. The summed E-state index contributed by atoms with van der Waals surface area (Å²) in [7, 11) is 0. The van der Waals surface area contributed by atoms with E-state index < -0.39 is 12.1 Å². The molecule has 1 aromatic rings. The van der Waals surface area contributed by atoms with Crippen molar-refractivity contribution in [1.82, 2.24) is 4.90 Å². The second kappa shape index (κ2) is 11.2. The average Bonchev–Trinajstić information content (AvgIpc) is 2.58. The number of aliphatic carboxylic acids is 1. The normalized spacial score (nSPS) is 20.4. The van der Waals surface area contributed by atoms with Crippen LogP contribution in [0.25, 0.3) is 0 Å². The number of hydrogen-bond donors (Lipinski definition) is 3. The van der Waals surface area contributed by atoms with E-state index in [1.54, 1.807) is 0 Å². The maximum absolute atomic E-state index is 10.6. The second-order valence-electron chi connectivity index (χ2n) is 6.42. The monoisotopic (exact) mass is 377 g/mol. The van der Waals surface area contributed by atoms with Gasteiger partial charge < -0.3 is 15.3 Å². The van der Waals surface area contributed by atoms with Gasteiger partial charge in [0.15, 0.2) is 0 Å². The third-order valence-corrected chi connectivity index (χ3v) is 4.24. The molecule has 8 heteroatoms. The number of aliphatic hydroxyl groups excluding tert-OH is 2. The van der Waals surface area contributed by atoms with Crippen molar-refractivity contribution in [3.63, 3.8) is 0 Å². The fourth-order valence-electron chi connectivity index (χ4n) is 2.91. The Balaban J connectivity index is 0.000000412. The molecule has 0 radical (unpaired) electrons. The van der Waals surface area contributed by atoms with Gasteiger partial charge in [0, 0.05) is 19.6 Å². The molecule has 0 aromatic heterocycles. The molecule has 1 aromatic carbocycles. The maximum atomic E-state index is 10.6. The lowest BCUT2D eigenvalue weighted by atomic mass is 9.87. The highest BCUT2D eigenvalue weighted by Crippen LogP contribution is 2.25. The first-order valence-electron chi connectivity index (χ1n) is 8.57. The molecule has 0 bridgehead atoms. The highest BCUT2D eigenvalue weighted by molar-refractivity contribution is 5.73. The van der Waals surface area contributed by atoms with Gasteiger partial charge in [0.1, 0.15) is 0 Å². The van der Waals surface area contributed by atoms with Crippen LogP contribution >= 0.6 is 0 Å². The van der Waals surface area contributed by atoms with Gasteiger partial charge in [0.2, 0.25) is 0 Å². The van der Waals surface area contributed by atoms with Crippen molar-refractivity contribution in [3.8, 4) is 0 Å². The van der Waals surface area contributed by atoms with Crippen molar-refractivity contribution < 1.29 is 33.3 Å². The quantitative estimate of drug-likeness (QED) is 0.710. The zero-order chi connectivity index (χ0) is 19.6. The van der Waals surface area contributed by atoms with Gasteiger partial charge >= 0.3 is 12.1 Å². The molecule has 1 saturated carbocycles. The standard InChI is InChI=1S/C16H25NO2.C2HF3O2/c18-11-10-17(12-14-4-2-1-3-5-14)13-15-6-8-16(19)9-7-15;3-2(4,5)1(6)7/h1-5,15-16,18-19H,6-13H2;(H,6,7). The number of hydrogen-bond acceptors (Lipinski definition) is 4. The van der Waals surface area contributed by atoms with Gasteiger partial charge in [0.25, 0.3) is 0 Å². The number of carboxylic acids is 1. The van der Waals surface area contributed by atoms with Crippen LogP contribution < -0.4 is 0 Å². The number of nitrogens with zero attached hydrogens (tertiary/aromatic N) is 1. The molecule has 0 atom stereocenters. The summed E-state index contributed by atoms with van der Waals surface area (Å²) in [5.74, 6) is -2.09. The summed E-state index contributed by atoms with van der Waals surface area (Å²) in [6.07, 6.45) is -1.08. The van der Waals surface area contributed by atoms with E-state index in [2.05, 4.69) is 29.2 Å². The summed E-state index contributed by atoms with van der Waals surface area (Å²) in [4.78, 5) is 11.2. The Bertz CT molecular complexity index is 517. The third kappa shape index (κ3) is 9.17. The molecule has 5 nitrogen and oxygen atoms in total. The molecule has 0 amide bonds. The zero-order valence-corrected chi connectivity index (χ0v) is 14.5. The van der Waals surface area contributed by atoms with Crippen molar-refractivity contribution in [3.05, 3.63) is 35.9 Å². The Morgan fingerprint density at radius 2 is 1.65 bits per heavy atom. The molecule has 26 heavy (non-hydrogen) atoms. The first-order chi connectivity index (χ1) is 12.2. The molecule has 1 aliphatic rings. The van der Waals surface area contributed by atoms with Crippen molar-refractivity contribution in [2.75, 3.05) is 19.7 Å². The maximum Gasteiger partial charge on any atom is 0.490 e. The van der Waals surface area contributed by atoms with Crippen LogP contribution in [-0.2, 0) is 11.3 Å². The number of rotatable bonds is 6. The van der Waals surface area contributed by atoms with E-state index in [4.69, 9.17) is 9.90 Å². The first kappa shape index (κ1) is 22.4. The lowest BCUT2D eigenvalue weighted by Crippen LogP contribution is -2.34. The van der Waals surface area contributed by atoms with Crippen molar-refractivity contribution in [1.29, 1.82) is 0 Å². The van der Waals surface area contributed by atoms with Gasteiger partial charge in [-0.3, -0.25) is 4.90 Å². The molecule has 148 valence electrons. The van der Waals surface area contributed by atoms with Gasteiger partial charge in [-0.15, -0.1) is 0 Å². The second-order valence-corrected chi connectivity index (χ2v) is 6.42. The summed E-state index contributed by atoms with van der Waals surface area (Å²) in [5, 5.41) is 25.9. The van der Waals surface area contributed by atoms with Crippen LogP contribution in [0.3, 0.4) is 0 Å². The highest BCUT2D eigenvalue weighted by atomic mass is 19.4. The smallest absolute Gasteiger partial charge is 0.475 e. The van der Waals surface area contributed by atoms with Crippen LogP contribution in [0.5, 0.6) is 0 Å². The van der Waals surface area contributed by atoms with E-state index in [0.29, 0.717) is 5.92 Å². The van der Waals surface area contributed by atoms with Crippen LogP contribution in [0.4, 0.5) is 13.2 Å². The lowest BCUT2D eigenvalue weighted by molar-refractivity contribution is -0.192. The molecule has 0 heterocycles. The molecule has 1 fully saturated rings. The van der Waals surface area contributed by atoms with Gasteiger partial charge in [-0.05, 0) is 37.2 Å². The van der Waals surface area contributed by atoms with Crippen LogP contribution in [-0.4, -0.2) is 58.2 Å². The number of carbonyl (C=O) groups is 1. The van der Waals surface area contributed by atoms with Crippen molar-refractivity contribution in [2.24, 2.45) is 5.92 Å². The fourth-order valence-corrected chi connectivity index (χ4v) is 2.91. The van der Waals surface area contributed by atoms with Gasteiger partial charge in [-0.1, -0.05) is 30.3 Å². The summed E-state index contributed by atoms with van der Waals surface area (Å²) < 4.78 is 31.7. The summed E-state index contributed by atoms with van der Waals surface area (Å²) >= 11 is 0. The minimum atomic E-state index is -5.08. The molecule has 3 N–H and O–H groups in total. The van der Waals surface area contributed by atoms with Gasteiger partial charge in [-0.2, -0.15) is 13.2 Å². The number of benzene rings is 1. The lowest BCUT2D eigenvalue weighted by Gasteiger charge is -2.31. The van der Waals surface area contributed by atoms with E-state index in [9.17, 15) is 23.4 Å². The highest BCUT2D eigenvalue weighted by Gasteiger charge is 2.38. The minimum absolute atomic E-state index is 0.0864. The number of alkyl halides is 3. The Morgan fingerprint density at radius 1 is 1.12 bits per heavy atom. The molecule has 1 aliphatic carbocycles. The fraction of sp³-hybridized carbons (Fsp3) is 0.611. The largest absolute Gasteiger partial charge is 0.490 e. The third-order valence-electron chi connectivity index (χ3n) is 4.24. The summed E-state index contributed by atoms with van der Waals surface area (Å²) in [6.45, 7) is 2.87. The zero-order valence-electron chi connectivity index (χ0n) is 14.5. The van der Waals surface area contributed by atoms with Gasteiger partial charge in [0.05, 0.1) is 12.7 Å². The van der Waals surface area contributed by atoms with E-state index in [0.717, 1.165) is 45.3 Å². The summed E-state index contributed by atoms with van der Waals surface area (Å²) in [6, 6.07) is 10.4. The molecule has 0 unspecified atom stereocenters. The molecule has 2 rings (SSSR count).